The lowest BCUT2D eigenvalue weighted by molar-refractivity contribution is -0.0318. The molecule has 2 unspecified atom stereocenters. The predicted octanol–water partition coefficient (Wildman–Crippen LogP) is 5.10. The lowest BCUT2D eigenvalue weighted by atomic mass is 9.71. The Labute approximate surface area is 121 Å². The Balaban J connectivity index is 2.10. The van der Waals surface area contributed by atoms with Crippen LogP contribution in [0.4, 0.5) is 0 Å². The van der Waals surface area contributed by atoms with Gasteiger partial charge in [-0.05, 0) is 57.4 Å². The minimum absolute atomic E-state index is 0.318. The Morgan fingerprint density at radius 2 is 1.37 bits per heavy atom. The average molecular weight is 265 g/mol. The van der Waals surface area contributed by atoms with Crippen molar-refractivity contribution in [1.29, 1.82) is 0 Å². The molecule has 0 aromatic heterocycles. The number of piperidine rings is 1. The van der Waals surface area contributed by atoms with E-state index >= 15 is 0 Å². The highest BCUT2D eigenvalue weighted by molar-refractivity contribution is 4.96. The SMILES string of the molecule is CC(C)(C)C1CC(C2CCCC2)CCN1C(C)(C)C. The first-order chi connectivity index (χ1) is 8.69. The molecule has 0 aromatic rings. The van der Waals surface area contributed by atoms with Crippen molar-refractivity contribution in [2.75, 3.05) is 6.54 Å². The molecule has 1 aliphatic heterocycles. The van der Waals surface area contributed by atoms with Crippen molar-refractivity contribution in [3.8, 4) is 0 Å². The molecule has 1 heteroatoms. The first-order valence-electron chi connectivity index (χ1n) is 8.46. The van der Waals surface area contributed by atoms with Gasteiger partial charge in [-0.15, -0.1) is 0 Å². The molecule has 112 valence electrons. The van der Waals surface area contributed by atoms with Crippen molar-refractivity contribution in [1.82, 2.24) is 4.90 Å². The summed E-state index contributed by atoms with van der Waals surface area (Å²) in [5.41, 5.74) is 0.725. The zero-order valence-corrected chi connectivity index (χ0v) is 14.1. The summed E-state index contributed by atoms with van der Waals surface area (Å²) in [6.45, 7) is 15.8. The summed E-state index contributed by atoms with van der Waals surface area (Å²) < 4.78 is 0. The second kappa shape index (κ2) is 5.39. The average Bonchev–Trinajstić information content (AvgIpc) is 2.79. The molecule has 0 aromatic carbocycles. The number of rotatable bonds is 1. The molecule has 1 saturated carbocycles. The van der Waals surface area contributed by atoms with Crippen LogP contribution in [0.25, 0.3) is 0 Å². The largest absolute Gasteiger partial charge is 0.295 e. The van der Waals surface area contributed by atoms with Crippen molar-refractivity contribution in [3.05, 3.63) is 0 Å². The van der Waals surface area contributed by atoms with Crippen LogP contribution in [-0.2, 0) is 0 Å². The zero-order valence-electron chi connectivity index (χ0n) is 14.1. The number of hydrogen-bond donors (Lipinski definition) is 0. The molecule has 19 heavy (non-hydrogen) atoms. The molecule has 0 radical (unpaired) electrons. The van der Waals surface area contributed by atoms with Crippen LogP contribution in [0.1, 0.15) is 80.1 Å². The first kappa shape index (κ1) is 15.4. The highest BCUT2D eigenvalue weighted by Crippen LogP contribution is 2.44. The monoisotopic (exact) mass is 265 g/mol. The van der Waals surface area contributed by atoms with Crippen molar-refractivity contribution in [2.24, 2.45) is 17.3 Å². The highest BCUT2D eigenvalue weighted by atomic mass is 15.2. The highest BCUT2D eigenvalue weighted by Gasteiger charge is 2.42. The van der Waals surface area contributed by atoms with E-state index in [1.807, 2.05) is 0 Å². The summed E-state index contributed by atoms with van der Waals surface area (Å²) >= 11 is 0. The molecule has 0 bridgehead atoms. The molecule has 2 fully saturated rings. The summed E-state index contributed by atoms with van der Waals surface area (Å²) in [5, 5.41) is 0. The van der Waals surface area contributed by atoms with Crippen LogP contribution in [0.3, 0.4) is 0 Å². The fraction of sp³-hybridized carbons (Fsp3) is 1.00. The molecule has 0 N–H and O–H groups in total. The normalized spacial score (nSPS) is 31.9. The summed E-state index contributed by atoms with van der Waals surface area (Å²) in [6.07, 6.45) is 8.88. The van der Waals surface area contributed by atoms with Gasteiger partial charge in [-0.2, -0.15) is 0 Å². The quantitative estimate of drug-likeness (QED) is 0.637. The van der Waals surface area contributed by atoms with E-state index in [1.165, 1.54) is 45.1 Å². The van der Waals surface area contributed by atoms with Crippen molar-refractivity contribution >= 4 is 0 Å². The lowest BCUT2D eigenvalue weighted by Gasteiger charge is -2.52. The van der Waals surface area contributed by atoms with E-state index in [-0.39, 0.29) is 0 Å². The molecular weight excluding hydrogens is 230 g/mol. The minimum atomic E-state index is 0.318. The van der Waals surface area contributed by atoms with Crippen molar-refractivity contribution < 1.29 is 0 Å². The van der Waals surface area contributed by atoms with Gasteiger partial charge in [0.2, 0.25) is 0 Å². The number of likely N-dealkylation sites (tertiary alicyclic amines) is 1. The third-order valence-electron chi connectivity index (χ3n) is 5.57. The van der Waals surface area contributed by atoms with Crippen LogP contribution in [0.2, 0.25) is 0 Å². The van der Waals surface area contributed by atoms with Gasteiger partial charge < -0.3 is 0 Å². The number of nitrogens with zero attached hydrogens (tertiary/aromatic N) is 1. The topological polar surface area (TPSA) is 3.24 Å². The molecule has 0 amide bonds. The van der Waals surface area contributed by atoms with Crippen LogP contribution in [-0.4, -0.2) is 23.0 Å². The molecule has 1 heterocycles. The predicted molar refractivity (Wildman–Crippen MR) is 84.4 cm³/mol. The molecular formula is C18H35N. The van der Waals surface area contributed by atoms with Gasteiger partial charge in [0.25, 0.3) is 0 Å². The molecule has 2 aliphatic rings. The molecule has 1 aliphatic carbocycles. The first-order valence-corrected chi connectivity index (χ1v) is 8.46. The van der Waals surface area contributed by atoms with E-state index < -0.39 is 0 Å². The van der Waals surface area contributed by atoms with Gasteiger partial charge in [-0.25, -0.2) is 0 Å². The van der Waals surface area contributed by atoms with Gasteiger partial charge in [-0.1, -0.05) is 46.5 Å². The van der Waals surface area contributed by atoms with Gasteiger partial charge in [0.05, 0.1) is 0 Å². The van der Waals surface area contributed by atoms with E-state index in [1.54, 1.807) is 0 Å². The Morgan fingerprint density at radius 3 is 1.84 bits per heavy atom. The van der Waals surface area contributed by atoms with Crippen LogP contribution < -0.4 is 0 Å². The van der Waals surface area contributed by atoms with Gasteiger partial charge in [0, 0.05) is 11.6 Å². The standard InChI is InChI=1S/C18H35N/c1-17(2,3)16-13-15(14-9-7-8-10-14)11-12-19(16)18(4,5)6/h14-16H,7-13H2,1-6H3. The molecule has 1 nitrogen and oxygen atoms in total. The Hall–Kier alpha value is -0.0400. The van der Waals surface area contributed by atoms with E-state index in [0.29, 0.717) is 11.0 Å². The third-order valence-corrected chi connectivity index (χ3v) is 5.57. The van der Waals surface area contributed by atoms with E-state index in [2.05, 4.69) is 46.4 Å². The molecule has 0 spiro atoms. The summed E-state index contributed by atoms with van der Waals surface area (Å²) in [5.74, 6) is 2.05. The Kier molecular flexibility index (Phi) is 4.35. The maximum Gasteiger partial charge on any atom is 0.0152 e. The Bertz CT molecular complexity index is 288. The summed E-state index contributed by atoms with van der Waals surface area (Å²) in [7, 11) is 0. The van der Waals surface area contributed by atoms with Gasteiger partial charge in [0.15, 0.2) is 0 Å². The number of hydrogen-bond acceptors (Lipinski definition) is 1. The van der Waals surface area contributed by atoms with Crippen molar-refractivity contribution in [2.45, 2.75) is 91.6 Å². The summed E-state index contributed by atoms with van der Waals surface area (Å²) in [4.78, 5) is 2.79. The van der Waals surface area contributed by atoms with Gasteiger partial charge in [-0.3, -0.25) is 4.90 Å². The third kappa shape index (κ3) is 3.54. The summed E-state index contributed by atoms with van der Waals surface area (Å²) in [6, 6.07) is 0.756. The van der Waals surface area contributed by atoms with Gasteiger partial charge in [0.1, 0.15) is 0 Å². The van der Waals surface area contributed by atoms with E-state index in [4.69, 9.17) is 0 Å². The van der Waals surface area contributed by atoms with Crippen LogP contribution in [0.15, 0.2) is 0 Å². The molecule has 1 saturated heterocycles. The fourth-order valence-corrected chi connectivity index (χ4v) is 4.47. The molecule has 2 rings (SSSR count). The van der Waals surface area contributed by atoms with Crippen LogP contribution >= 0.6 is 0 Å². The maximum absolute atomic E-state index is 2.79. The fourth-order valence-electron chi connectivity index (χ4n) is 4.47. The second-order valence-corrected chi connectivity index (χ2v) is 9.08. The maximum atomic E-state index is 2.79. The Morgan fingerprint density at radius 1 is 0.789 bits per heavy atom. The minimum Gasteiger partial charge on any atom is -0.295 e. The zero-order chi connectivity index (χ0) is 14.3. The van der Waals surface area contributed by atoms with Gasteiger partial charge >= 0.3 is 0 Å². The van der Waals surface area contributed by atoms with E-state index in [0.717, 1.165) is 17.9 Å². The van der Waals surface area contributed by atoms with Crippen molar-refractivity contribution in [3.63, 3.8) is 0 Å². The van der Waals surface area contributed by atoms with Crippen LogP contribution in [0, 0.1) is 17.3 Å². The lowest BCUT2D eigenvalue weighted by Crippen LogP contribution is -2.57. The van der Waals surface area contributed by atoms with E-state index in [9.17, 15) is 0 Å². The second-order valence-electron chi connectivity index (χ2n) is 9.08. The smallest absolute Gasteiger partial charge is 0.0152 e. The molecule has 2 atom stereocenters. The van der Waals surface area contributed by atoms with Crippen LogP contribution in [0.5, 0.6) is 0 Å².